The Labute approximate surface area is 82.7 Å². The van der Waals surface area contributed by atoms with Crippen molar-refractivity contribution in [3.05, 3.63) is 27.5 Å². The summed E-state index contributed by atoms with van der Waals surface area (Å²) in [6.45, 7) is 1.21. The van der Waals surface area contributed by atoms with Gasteiger partial charge < -0.3 is 5.11 Å². The number of alkyl halides is 2. The molecule has 5 heteroatoms. The van der Waals surface area contributed by atoms with Gasteiger partial charge in [0.2, 0.25) is 0 Å². The molecule has 1 heterocycles. The Hall–Kier alpha value is -0.550. The van der Waals surface area contributed by atoms with Crippen molar-refractivity contribution in [2.75, 3.05) is 0 Å². The summed E-state index contributed by atoms with van der Waals surface area (Å²) in [7, 11) is 0. The Bertz CT molecular complexity index is 317. The van der Waals surface area contributed by atoms with Crippen molar-refractivity contribution in [2.45, 2.75) is 20.0 Å². The van der Waals surface area contributed by atoms with Gasteiger partial charge in [-0.3, -0.25) is 4.98 Å². The predicted molar refractivity (Wildman–Crippen MR) is 47.6 cm³/mol. The molecule has 0 saturated heterocycles. The van der Waals surface area contributed by atoms with Gasteiger partial charge in [0.1, 0.15) is 0 Å². The van der Waals surface area contributed by atoms with Gasteiger partial charge in [0.25, 0.3) is 6.43 Å². The van der Waals surface area contributed by atoms with Crippen molar-refractivity contribution in [3.8, 4) is 0 Å². The summed E-state index contributed by atoms with van der Waals surface area (Å²) in [5, 5.41) is 8.80. The summed E-state index contributed by atoms with van der Waals surface area (Å²) in [5.74, 6) is 0. The molecule has 0 aliphatic heterocycles. The van der Waals surface area contributed by atoms with Gasteiger partial charge in [-0.15, -0.1) is 0 Å². The van der Waals surface area contributed by atoms with Crippen LogP contribution in [0.4, 0.5) is 8.78 Å². The number of hydrogen-bond acceptors (Lipinski definition) is 2. The zero-order valence-electron chi connectivity index (χ0n) is 6.89. The molecule has 1 aromatic rings. The molecule has 0 unspecified atom stereocenters. The van der Waals surface area contributed by atoms with Crippen molar-refractivity contribution in [3.63, 3.8) is 0 Å². The third-order valence-electron chi connectivity index (χ3n) is 1.58. The van der Waals surface area contributed by atoms with Crippen molar-refractivity contribution in [2.24, 2.45) is 0 Å². The first-order valence-corrected chi connectivity index (χ1v) is 4.40. The van der Waals surface area contributed by atoms with E-state index in [-0.39, 0.29) is 11.3 Å². The van der Waals surface area contributed by atoms with E-state index in [0.717, 1.165) is 0 Å². The summed E-state index contributed by atoms with van der Waals surface area (Å²) >= 11 is 3.01. The third kappa shape index (κ3) is 2.22. The van der Waals surface area contributed by atoms with Crippen molar-refractivity contribution in [1.29, 1.82) is 0 Å². The number of aliphatic hydroxyl groups excluding tert-OH is 1. The Morgan fingerprint density at radius 1 is 1.62 bits per heavy atom. The summed E-state index contributed by atoms with van der Waals surface area (Å²) in [5.41, 5.74) is 0.398. The minimum atomic E-state index is -2.62. The number of hydrogen-bond donors (Lipinski definition) is 1. The molecule has 0 spiro atoms. The quantitative estimate of drug-likeness (QED) is 0.877. The molecule has 0 aliphatic carbocycles. The molecule has 1 N–H and O–H groups in total. The van der Waals surface area contributed by atoms with E-state index in [1.807, 2.05) is 0 Å². The molecule has 0 aromatic carbocycles. The zero-order chi connectivity index (χ0) is 10.0. The first kappa shape index (κ1) is 10.5. The molecule has 0 saturated carbocycles. The Morgan fingerprint density at radius 3 is 2.69 bits per heavy atom. The van der Waals surface area contributed by atoms with E-state index in [1.165, 1.54) is 6.07 Å². The largest absolute Gasteiger partial charge is 0.390 e. The molecule has 2 nitrogen and oxygen atoms in total. The number of aryl methyl sites for hydroxylation is 1. The van der Waals surface area contributed by atoms with Crippen molar-refractivity contribution >= 4 is 15.9 Å². The molecule has 0 radical (unpaired) electrons. The maximum atomic E-state index is 12.4. The molecule has 72 valence electrons. The summed E-state index contributed by atoms with van der Waals surface area (Å²) in [6, 6.07) is 1.50. The van der Waals surface area contributed by atoms with E-state index in [9.17, 15) is 8.78 Å². The first-order valence-electron chi connectivity index (χ1n) is 3.61. The second kappa shape index (κ2) is 4.11. The normalized spacial score (nSPS) is 10.9. The molecule has 0 atom stereocenters. The highest BCUT2D eigenvalue weighted by Gasteiger charge is 2.17. The molecule has 1 aromatic heterocycles. The highest BCUT2D eigenvalue weighted by Crippen LogP contribution is 2.30. The lowest BCUT2D eigenvalue weighted by Crippen LogP contribution is -2.01. The number of pyridine rings is 1. The first-order chi connectivity index (χ1) is 6.06. The molecule has 1 rings (SSSR count). The van der Waals surface area contributed by atoms with Crippen LogP contribution in [0.3, 0.4) is 0 Å². The minimum Gasteiger partial charge on any atom is -0.390 e. The number of nitrogens with zero attached hydrogens (tertiary/aromatic N) is 1. The lowest BCUT2D eigenvalue weighted by atomic mass is 10.2. The van der Waals surface area contributed by atoms with E-state index in [2.05, 4.69) is 20.9 Å². The third-order valence-corrected chi connectivity index (χ3v) is 2.24. The summed E-state index contributed by atoms with van der Waals surface area (Å²) in [4.78, 5) is 3.81. The molecular formula is C8H8BrF2NO. The number of aliphatic hydroxyl groups is 1. The van der Waals surface area contributed by atoms with Crippen molar-refractivity contribution in [1.82, 2.24) is 4.98 Å². The maximum absolute atomic E-state index is 12.4. The monoisotopic (exact) mass is 251 g/mol. The van der Waals surface area contributed by atoms with Gasteiger partial charge in [0, 0.05) is 10.2 Å². The molecular weight excluding hydrogens is 244 g/mol. The van der Waals surface area contributed by atoms with Crippen LogP contribution in [-0.4, -0.2) is 10.1 Å². The molecule has 0 fully saturated rings. The van der Waals surface area contributed by atoms with Crippen LogP contribution in [0.1, 0.15) is 23.4 Å². The van der Waals surface area contributed by atoms with Crippen LogP contribution in [-0.2, 0) is 6.61 Å². The highest BCUT2D eigenvalue weighted by molar-refractivity contribution is 9.10. The van der Waals surface area contributed by atoms with E-state index < -0.39 is 13.0 Å². The van der Waals surface area contributed by atoms with E-state index in [4.69, 9.17) is 5.11 Å². The molecule has 0 bridgehead atoms. The molecule has 13 heavy (non-hydrogen) atoms. The maximum Gasteiger partial charge on any atom is 0.266 e. The Kier molecular flexibility index (Phi) is 3.33. The fraction of sp³-hybridized carbons (Fsp3) is 0.375. The van der Waals surface area contributed by atoms with Crippen LogP contribution in [0.2, 0.25) is 0 Å². The summed E-state index contributed by atoms with van der Waals surface area (Å²) < 4.78 is 25.1. The second-order valence-electron chi connectivity index (χ2n) is 2.56. The van der Waals surface area contributed by atoms with Gasteiger partial charge in [-0.05, 0) is 13.0 Å². The predicted octanol–water partition coefficient (Wildman–Crippen LogP) is 2.58. The van der Waals surface area contributed by atoms with E-state index in [1.54, 1.807) is 6.92 Å². The number of halogens is 3. The average molecular weight is 252 g/mol. The standard InChI is InChI=1S/C8H8BrF2NO/c1-4-2-5(9)7(8(10)11)6(3-13)12-4/h2,8,13H,3H2,1H3. The fourth-order valence-corrected chi connectivity index (χ4v) is 1.79. The lowest BCUT2D eigenvalue weighted by molar-refractivity contribution is 0.145. The van der Waals surface area contributed by atoms with E-state index >= 15 is 0 Å². The van der Waals surface area contributed by atoms with Gasteiger partial charge in [-0.1, -0.05) is 15.9 Å². The topological polar surface area (TPSA) is 33.1 Å². The van der Waals surface area contributed by atoms with Crippen LogP contribution in [0.25, 0.3) is 0 Å². The van der Waals surface area contributed by atoms with E-state index in [0.29, 0.717) is 10.2 Å². The van der Waals surface area contributed by atoms with Gasteiger partial charge >= 0.3 is 0 Å². The number of rotatable bonds is 2. The SMILES string of the molecule is Cc1cc(Br)c(C(F)F)c(CO)n1. The fourth-order valence-electron chi connectivity index (χ4n) is 1.06. The highest BCUT2D eigenvalue weighted by atomic mass is 79.9. The van der Waals surface area contributed by atoms with Gasteiger partial charge in [-0.2, -0.15) is 0 Å². The smallest absolute Gasteiger partial charge is 0.266 e. The van der Waals surface area contributed by atoms with Crippen LogP contribution in [0, 0.1) is 6.92 Å². The second-order valence-corrected chi connectivity index (χ2v) is 3.42. The minimum absolute atomic E-state index is 0.0295. The van der Waals surface area contributed by atoms with Crippen molar-refractivity contribution < 1.29 is 13.9 Å². The summed E-state index contributed by atoms with van der Waals surface area (Å²) in [6.07, 6.45) is -2.62. The zero-order valence-corrected chi connectivity index (χ0v) is 8.48. The van der Waals surface area contributed by atoms with Gasteiger partial charge in [-0.25, -0.2) is 8.78 Å². The Balaban J connectivity index is 3.30. The Morgan fingerprint density at radius 2 is 2.23 bits per heavy atom. The van der Waals surface area contributed by atoms with Crippen LogP contribution in [0.5, 0.6) is 0 Å². The lowest BCUT2D eigenvalue weighted by Gasteiger charge is -2.08. The van der Waals surface area contributed by atoms with Crippen LogP contribution in [0.15, 0.2) is 10.5 Å². The van der Waals surface area contributed by atoms with Gasteiger partial charge in [0.05, 0.1) is 17.9 Å². The molecule has 0 amide bonds. The average Bonchev–Trinajstić information content (AvgIpc) is 2.01. The molecule has 0 aliphatic rings. The number of aromatic nitrogens is 1. The van der Waals surface area contributed by atoms with Crippen LogP contribution < -0.4 is 0 Å². The van der Waals surface area contributed by atoms with Crippen LogP contribution >= 0.6 is 15.9 Å². The van der Waals surface area contributed by atoms with Gasteiger partial charge in [0.15, 0.2) is 0 Å².